The molecule has 21 heavy (non-hydrogen) atoms. The molecule has 1 aliphatic carbocycles. The molecule has 1 saturated carbocycles. The first-order chi connectivity index (χ1) is 9.67. The van der Waals surface area contributed by atoms with Crippen molar-refractivity contribution in [3.8, 4) is 5.75 Å². The van der Waals surface area contributed by atoms with Gasteiger partial charge in [0.1, 0.15) is 0 Å². The molecule has 2 atom stereocenters. The van der Waals surface area contributed by atoms with E-state index in [-0.39, 0.29) is 11.2 Å². The normalized spacial score (nSPS) is 31.5. The van der Waals surface area contributed by atoms with Gasteiger partial charge in [-0.25, -0.2) is 0 Å². The zero-order chi connectivity index (χ0) is 15.4. The number of aromatic hydroxyl groups is 1. The fraction of sp³-hybridized carbons (Fsp3) is 0.706. The Morgan fingerprint density at radius 2 is 2.05 bits per heavy atom. The van der Waals surface area contributed by atoms with E-state index in [2.05, 4.69) is 25.7 Å². The molecule has 3 rings (SSSR count). The minimum Gasteiger partial charge on any atom is -0.503 e. The van der Waals surface area contributed by atoms with E-state index in [0.717, 1.165) is 18.8 Å². The van der Waals surface area contributed by atoms with E-state index in [1.54, 1.807) is 6.07 Å². The Hall–Kier alpha value is -1.29. The van der Waals surface area contributed by atoms with Crippen molar-refractivity contribution >= 4 is 0 Å². The molecule has 2 bridgehead atoms. The van der Waals surface area contributed by atoms with Crippen LogP contribution in [0.15, 0.2) is 17.1 Å². The van der Waals surface area contributed by atoms with Crippen LogP contribution < -0.4 is 5.43 Å². The van der Waals surface area contributed by atoms with Gasteiger partial charge in [0.25, 0.3) is 0 Å². The molecule has 4 heteroatoms. The van der Waals surface area contributed by atoms with Crippen molar-refractivity contribution < 1.29 is 5.11 Å². The average Bonchev–Trinajstić information content (AvgIpc) is 2.55. The van der Waals surface area contributed by atoms with Crippen LogP contribution >= 0.6 is 0 Å². The molecule has 1 saturated heterocycles. The Balaban J connectivity index is 1.84. The largest absolute Gasteiger partial charge is 0.503 e. The highest BCUT2D eigenvalue weighted by atomic mass is 16.3. The summed E-state index contributed by atoms with van der Waals surface area (Å²) < 4.78 is 1.87. The maximum Gasteiger partial charge on any atom is 0.223 e. The van der Waals surface area contributed by atoms with Gasteiger partial charge in [-0.3, -0.25) is 9.69 Å². The summed E-state index contributed by atoms with van der Waals surface area (Å²) in [5.74, 6) is -0.172. The average molecular weight is 290 g/mol. The second-order valence-electron chi connectivity index (χ2n) is 8.24. The van der Waals surface area contributed by atoms with Crippen LogP contribution in [0.3, 0.4) is 0 Å². The smallest absolute Gasteiger partial charge is 0.223 e. The molecule has 0 aromatic carbocycles. The van der Waals surface area contributed by atoms with Crippen LogP contribution in [0.1, 0.15) is 45.7 Å². The van der Waals surface area contributed by atoms with Crippen LogP contribution in [0.4, 0.5) is 0 Å². The van der Waals surface area contributed by atoms with Crippen LogP contribution in [0.25, 0.3) is 0 Å². The molecule has 2 unspecified atom stereocenters. The summed E-state index contributed by atoms with van der Waals surface area (Å²) in [6.07, 6.45) is 5.30. The van der Waals surface area contributed by atoms with Crippen molar-refractivity contribution in [3.05, 3.63) is 28.2 Å². The number of pyridine rings is 1. The molecule has 0 spiro atoms. The van der Waals surface area contributed by atoms with E-state index < -0.39 is 0 Å². The Morgan fingerprint density at radius 1 is 1.33 bits per heavy atom. The molecule has 1 aromatic heterocycles. The molecule has 2 aliphatic rings. The minimum absolute atomic E-state index is 0.172. The molecule has 2 fully saturated rings. The van der Waals surface area contributed by atoms with Crippen molar-refractivity contribution in [1.29, 1.82) is 0 Å². The number of hydrogen-bond acceptors (Lipinski definition) is 3. The Morgan fingerprint density at radius 3 is 2.76 bits per heavy atom. The fourth-order valence-electron chi connectivity index (χ4n) is 4.78. The summed E-state index contributed by atoms with van der Waals surface area (Å²) >= 11 is 0. The third-order valence-corrected chi connectivity index (χ3v) is 5.21. The second kappa shape index (κ2) is 4.60. The number of fused-ring (bicyclic) bond motifs is 2. The molecular weight excluding hydrogens is 264 g/mol. The summed E-state index contributed by atoms with van der Waals surface area (Å²) in [5, 5.41) is 9.50. The second-order valence-corrected chi connectivity index (χ2v) is 8.24. The van der Waals surface area contributed by atoms with E-state index in [1.165, 1.54) is 25.5 Å². The lowest BCUT2D eigenvalue weighted by molar-refractivity contribution is 0.126. The lowest BCUT2D eigenvalue weighted by Gasteiger charge is -2.40. The maximum atomic E-state index is 11.7. The predicted octanol–water partition coefficient (Wildman–Crippen LogP) is 2.49. The highest BCUT2D eigenvalue weighted by Gasteiger charge is 2.49. The van der Waals surface area contributed by atoms with Gasteiger partial charge in [-0.15, -0.1) is 0 Å². The first-order valence-corrected chi connectivity index (χ1v) is 7.80. The van der Waals surface area contributed by atoms with Crippen molar-refractivity contribution in [2.75, 3.05) is 6.54 Å². The summed E-state index contributed by atoms with van der Waals surface area (Å²) in [6.45, 7) is 9.05. The SMILES string of the molecule is Cn1cc(O)c(=O)cc1CN1CC2(C)CC1CC(C)(C)C2. The highest BCUT2D eigenvalue weighted by molar-refractivity contribution is 5.20. The molecule has 2 heterocycles. The van der Waals surface area contributed by atoms with Gasteiger partial charge in [-0.2, -0.15) is 0 Å². The van der Waals surface area contributed by atoms with Gasteiger partial charge >= 0.3 is 0 Å². The Bertz CT molecular complexity index is 620. The number of rotatable bonds is 2. The molecular formula is C17H26N2O2. The Kier molecular flexibility index (Phi) is 3.21. The zero-order valence-corrected chi connectivity index (χ0v) is 13.5. The van der Waals surface area contributed by atoms with Gasteiger partial charge in [-0.05, 0) is 30.1 Å². The summed E-state index contributed by atoms with van der Waals surface area (Å²) in [4.78, 5) is 14.2. The summed E-state index contributed by atoms with van der Waals surface area (Å²) in [5.41, 5.74) is 1.51. The molecule has 4 nitrogen and oxygen atoms in total. The zero-order valence-electron chi connectivity index (χ0n) is 13.5. The van der Waals surface area contributed by atoms with Crippen LogP contribution in [0.2, 0.25) is 0 Å². The Labute approximate surface area is 126 Å². The molecule has 116 valence electrons. The molecule has 1 N–H and O–H groups in total. The van der Waals surface area contributed by atoms with Crippen LogP contribution in [-0.2, 0) is 13.6 Å². The van der Waals surface area contributed by atoms with Gasteiger partial charge in [0.2, 0.25) is 5.43 Å². The van der Waals surface area contributed by atoms with E-state index in [9.17, 15) is 9.90 Å². The van der Waals surface area contributed by atoms with Crippen molar-refractivity contribution in [2.24, 2.45) is 17.9 Å². The van der Waals surface area contributed by atoms with E-state index in [0.29, 0.717) is 16.9 Å². The van der Waals surface area contributed by atoms with E-state index in [4.69, 9.17) is 0 Å². The lowest BCUT2D eigenvalue weighted by Crippen LogP contribution is -2.35. The number of likely N-dealkylation sites (tertiary alicyclic amines) is 1. The van der Waals surface area contributed by atoms with Crippen LogP contribution in [0.5, 0.6) is 5.75 Å². The van der Waals surface area contributed by atoms with Gasteiger partial charge in [0.05, 0.1) is 0 Å². The fourth-order valence-corrected chi connectivity index (χ4v) is 4.78. The van der Waals surface area contributed by atoms with Crippen molar-refractivity contribution in [3.63, 3.8) is 0 Å². The number of nitrogens with zero attached hydrogens (tertiary/aromatic N) is 2. The quantitative estimate of drug-likeness (QED) is 0.910. The highest BCUT2D eigenvalue weighted by Crippen LogP contribution is 2.52. The number of hydrogen-bond donors (Lipinski definition) is 1. The third-order valence-electron chi connectivity index (χ3n) is 5.21. The standard InChI is InChI=1S/C17H26N2O2/c1-16(2)6-13-7-17(3,10-16)11-19(13)8-12-5-14(20)15(21)9-18(12)4/h5,9,13,21H,6-8,10-11H2,1-4H3. The summed E-state index contributed by atoms with van der Waals surface area (Å²) in [6, 6.07) is 2.19. The monoisotopic (exact) mass is 290 g/mol. The third kappa shape index (κ3) is 2.73. The van der Waals surface area contributed by atoms with Gasteiger partial charge in [-0.1, -0.05) is 20.8 Å². The van der Waals surface area contributed by atoms with Gasteiger partial charge in [0, 0.05) is 44.1 Å². The molecule has 0 radical (unpaired) electrons. The molecule has 1 aliphatic heterocycles. The van der Waals surface area contributed by atoms with Crippen LogP contribution in [-0.4, -0.2) is 27.2 Å². The van der Waals surface area contributed by atoms with Gasteiger partial charge in [0.15, 0.2) is 5.75 Å². The topological polar surface area (TPSA) is 45.5 Å². The molecule has 0 amide bonds. The summed E-state index contributed by atoms with van der Waals surface area (Å²) in [7, 11) is 1.89. The van der Waals surface area contributed by atoms with Crippen LogP contribution in [0, 0.1) is 10.8 Å². The van der Waals surface area contributed by atoms with Crippen molar-refractivity contribution in [1.82, 2.24) is 9.47 Å². The van der Waals surface area contributed by atoms with Gasteiger partial charge < -0.3 is 9.67 Å². The first-order valence-electron chi connectivity index (χ1n) is 7.80. The predicted molar refractivity (Wildman–Crippen MR) is 83.3 cm³/mol. The lowest BCUT2D eigenvalue weighted by atomic mass is 9.65. The first kappa shape index (κ1) is 14.6. The number of aryl methyl sites for hydroxylation is 1. The van der Waals surface area contributed by atoms with E-state index in [1.807, 2.05) is 11.6 Å². The maximum absolute atomic E-state index is 11.7. The van der Waals surface area contributed by atoms with E-state index >= 15 is 0 Å². The number of aromatic nitrogens is 1. The van der Waals surface area contributed by atoms with Crippen molar-refractivity contribution in [2.45, 2.75) is 52.6 Å². The minimum atomic E-state index is -0.281. The molecule has 1 aromatic rings.